The van der Waals surface area contributed by atoms with Gasteiger partial charge in [0.25, 0.3) is 5.91 Å². The summed E-state index contributed by atoms with van der Waals surface area (Å²) in [4.78, 5) is 18.9. The third-order valence-corrected chi connectivity index (χ3v) is 3.98. The van der Waals surface area contributed by atoms with Crippen LogP contribution in [0.1, 0.15) is 57.0 Å². The van der Waals surface area contributed by atoms with Crippen molar-refractivity contribution in [3.63, 3.8) is 0 Å². The largest absolute Gasteiger partial charge is 0.383 e. The Kier molecular flexibility index (Phi) is 4.66. The van der Waals surface area contributed by atoms with Crippen LogP contribution in [0.5, 0.6) is 0 Å². The Morgan fingerprint density at radius 1 is 1.48 bits per heavy atom. The second-order valence-corrected chi connectivity index (χ2v) is 6.83. The van der Waals surface area contributed by atoms with Crippen molar-refractivity contribution in [2.45, 2.75) is 52.0 Å². The smallest absolute Gasteiger partial charge is 0.293 e. The lowest BCUT2D eigenvalue weighted by atomic mass is 9.96. The molecule has 1 atom stereocenters. The van der Waals surface area contributed by atoms with E-state index in [1.165, 1.54) is 12.8 Å². The molecule has 1 N–H and O–H groups in total. The van der Waals surface area contributed by atoms with Crippen LogP contribution in [-0.4, -0.2) is 52.3 Å². The van der Waals surface area contributed by atoms with Gasteiger partial charge in [-0.3, -0.25) is 9.89 Å². The minimum Gasteiger partial charge on any atom is -0.383 e. The highest BCUT2D eigenvalue weighted by atomic mass is 16.5. The Hall–Kier alpha value is -1.43. The van der Waals surface area contributed by atoms with E-state index in [0.717, 1.165) is 5.82 Å². The van der Waals surface area contributed by atoms with Crippen LogP contribution in [0.15, 0.2) is 0 Å². The van der Waals surface area contributed by atoms with Gasteiger partial charge in [-0.15, -0.1) is 5.10 Å². The van der Waals surface area contributed by atoms with Crippen LogP contribution >= 0.6 is 0 Å². The summed E-state index contributed by atoms with van der Waals surface area (Å²) in [5.41, 5.74) is -0.148. The molecule has 1 unspecified atom stereocenters. The number of hydrogen-bond acceptors (Lipinski definition) is 4. The molecule has 1 aliphatic carbocycles. The lowest BCUT2D eigenvalue weighted by molar-refractivity contribution is 0.0583. The SMILES string of the molecule is COCCN(C(=O)c1n[nH]c(C(C)(C)C)n1)C(C)C1CC1. The van der Waals surface area contributed by atoms with Gasteiger partial charge >= 0.3 is 0 Å². The number of ether oxygens (including phenoxy) is 1. The zero-order valence-electron chi connectivity index (χ0n) is 13.6. The summed E-state index contributed by atoms with van der Waals surface area (Å²) in [6, 6.07) is 0.212. The topological polar surface area (TPSA) is 71.1 Å². The van der Waals surface area contributed by atoms with Crippen molar-refractivity contribution >= 4 is 5.91 Å². The van der Waals surface area contributed by atoms with E-state index < -0.39 is 0 Å². The van der Waals surface area contributed by atoms with Gasteiger partial charge in [0.1, 0.15) is 5.82 Å². The summed E-state index contributed by atoms with van der Waals surface area (Å²) in [6.07, 6.45) is 2.39. The summed E-state index contributed by atoms with van der Waals surface area (Å²) in [5.74, 6) is 1.48. The van der Waals surface area contributed by atoms with Crippen molar-refractivity contribution in [2.75, 3.05) is 20.3 Å². The molecule has 21 heavy (non-hydrogen) atoms. The standard InChI is InChI=1S/C15H26N4O2/c1-10(11-6-7-11)19(8-9-21-5)13(20)12-16-14(18-17-12)15(2,3)4/h10-11H,6-9H2,1-5H3,(H,16,17,18). The summed E-state index contributed by atoms with van der Waals surface area (Å²) in [6.45, 7) is 9.32. The molecule has 6 nitrogen and oxygen atoms in total. The van der Waals surface area contributed by atoms with Crippen molar-refractivity contribution in [1.82, 2.24) is 20.1 Å². The van der Waals surface area contributed by atoms with Crippen LogP contribution in [0.3, 0.4) is 0 Å². The maximum Gasteiger partial charge on any atom is 0.293 e. The van der Waals surface area contributed by atoms with Crippen molar-refractivity contribution in [3.05, 3.63) is 11.6 Å². The molecule has 1 aliphatic rings. The van der Waals surface area contributed by atoms with Crippen LogP contribution < -0.4 is 0 Å². The summed E-state index contributed by atoms with van der Waals surface area (Å²) in [5, 5.41) is 6.99. The van der Waals surface area contributed by atoms with Crippen LogP contribution in [-0.2, 0) is 10.2 Å². The molecule has 0 bridgehead atoms. The number of aromatic amines is 1. The highest BCUT2D eigenvalue weighted by molar-refractivity contribution is 5.90. The minimum absolute atomic E-state index is 0.113. The zero-order chi connectivity index (χ0) is 15.6. The Bertz CT molecular complexity index is 488. The highest BCUT2D eigenvalue weighted by Crippen LogP contribution is 2.35. The van der Waals surface area contributed by atoms with Crippen LogP contribution in [0, 0.1) is 5.92 Å². The van der Waals surface area contributed by atoms with Gasteiger partial charge in [-0.05, 0) is 25.7 Å². The van der Waals surface area contributed by atoms with E-state index in [-0.39, 0.29) is 23.2 Å². The maximum atomic E-state index is 12.7. The molecule has 0 aliphatic heterocycles. The van der Waals surface area contributed by atoms with Gasteiger partial charge in [-0.2, -0.15) is 0 Å². The molecular formula is C15H26N4O2. The molecule has 2 rings (SSSR count). The first-order valence-corrected chi connectivity index (χ1v) is 7.57. The second kappa shape index (κ2) is 6.13. The first-order valence-electron chi connectivity index (χ1n) is 7.57. The first kappa shape index (κ1) is 15.9. The van der Waals surface area contributed by atoms with Gasteiger partial charge in [-0.1, -0.05) is 20.8 Å². The van der Waals surface area contributed by atoms with Crippen LogP contribution in [0.2, 0.25) is 0 Å². The Morgan fingerprint density at radius 3 is 2.62 bits per heavy atom. The second-order valence-electron chi connectivity index (χ2n) is 6.83. The molecule has 0 saturated heterocycles. The minimum atomic E-state index is -0.148. The summed E-state index contributed by atoms with van der Waals surface area (Å²) < 4.78 is 5.13. The molecule has 1 saturated carbocycles. The molecule has 0 spiro atoms. The van der Waals surface area contributed by atoms with Gasteiger partial charge in [0, 0.05) is 25.1 Å². The normalized spacial score (nSPS) is 16.8. The van der Waals surface area contributed by atoms with Gasteiger partial charge in [0.15, 0.2) is 0 Å². The van der Waals surface area contributed by atoms with Gasteiger partial charge in [0.05, 0.1) is 6.61 Å². The number of carbonyl (C=O) groups is 1. The molecule has 1 fully saturated rings. The van der Waals surface area contributed by atoms with E-state index >= 15 is 0 Å². The van der Waals surface area contributed by atoms with Crippen molar-refractivity contribution in [1.29, 1.82) is 0 Å². The molecule has 1 heterocycles. The Balaban J connectivity index is 2.14. The zero-order valence-corrected chi connectivity index (χ0v) is 13.6. The number of nitrogens with zero attached hydrogens (tertiary/aromatic N) is 3. The van der Waals surface area contributed by atoms with Crippen LogP contribution in [0.4, 0.5) is 0 Å². The molecule has 118 valence electrons. The monoisotopic (exact) mass is 294 g/mol. The van der Waals surface area contributed by atoms with E-state index in [2.05, 4.69) is 22.1 Å². The lowest BCUT2D eigenvalue weighted by Gasteiger charge is -2.28. The number of hydrogen-bond donors (Lipinski definition) is 1. The molecule has 1 amide bonds. The van der Waals surface area contributed by atoms with Gasteiger partial charge < -0.3 is 9.64 Å². The summed E-state index contributed by atoms with van der Waals surface area (Å²) >= 11 is 0. The average molecular weight is 294 g/mol. The number of amides is 1. The quantitative estimate of drug-likeness (QED) is 0.871. The third-order valence-electron chi connectivity index (χ3n) is 3.98. The van der Waals surface area contributed by atoms with E-state index in [1.807, 2.05) is 25.7 Å². The number of methoxy groups -OCH3 is 1. The molecule has 1 aromatic heterocycles. The van der Waals surface area contributed by atoms with Gasteiger partial charge in [-0.25, -0.2) is 4.98 Å². The van der Waals surface area contributed by atoms with E-state index in [4.69, 9.17) is 4.74 Å². The lowest BCUT2D eigenvalue weighted by Crippen LogP contribution is -2.42. The van der Waals surface area contributed by atoms with E-state index in [1.54, 1.807) is 7.11 Å². The van der Waals surface area contributed by atoms with Gasteiger partial charge in [0.2, 0.25) is 5.82 Å². The van der Waals surface area contributed by atoms with E-state index in [9.17, 15) is 4.79 Å². The summed E-state index contributed by atoms with van der Waals surface area (Å²) in [7, 11) is 1.65. The molecule has 0 aromatic carbocycles. The number of aromatic nitrogens is 3. The van der Waals surface area contributed by atoms with Crippen LogP contribution in [0.25, 0.3) is 0 Å². The first-order chi connectivity index (χ1) is 9.84. The number of carbonyl (C=O) groups excluding carboxylic acids is 1. The molecular weight excluding hydrogens is 268 g/mol. The molecule has 0 radical (unpaired) electrons. The fourth-order valence-electron chi connectivity index (χ4n) is 2.33. The highest BCUT2D eigenvalue weighted by Gasteiger charge is 2.35. The number of rotatable bonds is 6. The molecule has 6 heteroatoms. The van der Waals surface area contributed by atoms with Crippen molar-refractivity contribution in [3.8, 4) is 0 Å². The third kappa shape index (κ3) is 3.81. The predicted molar refractivity (Wildman–Crippen MR) is 80.2 cm³/mol. The molecule has 1 aromatic rings. The van der Waals surface area contributed by atoms with Crippen molar-refractivity contribution < 1.29 is 9.53 Å². The average Bonchev–Trinajstić information content (AvgIpc) is 3.13. The predicted octanol–water partition coefficient (Wildman–Crippen LogP) is 1.99. The van der Waals surface area contributed by atoms with Crippen molar-refractivity contribution in [2.24, 2.45) is 5.92 Å². The fraction of sp³-hybridized carbons (Fsp3) is 0.800. The Morgan fingerprint density at radius 2 is 2.14 bits per heavy atom. The Labute approximate surface area is 126 Å². The maximum absolute atomic E-state index is 12.7. The van der Waals surface area contributed by atoms with E-state index in [0.29, 0.717) is 19.1 Å². The fourth-order valence-corrected chi connectivity index (χ4v) is 2.33. The number of nitrogens with one attached hydrogen (secondary N) is 1. The number of H-pyrrole nitrogens is 1.